The second-order valence-electron chi connectivity index (χ2n) is 15.7. The maximum atomic E-state index is 11.4. The van der Waals surface area contributed by atoms with Crippen LogP contribution in [0.2, 0.25) is 0 Å². The molecule has 5 saturated heterocycles. The fourth-order valence-corrected chi connectivity index (χ4v) is 7.72. The lowest BCUT2D eigenvalue weighted by atomic mass is 9.94. The van der Waals surface area contributed by atoms with Crippen LogP contribution < -0.4 is 11.1 Å². The highest BCUT2D eigenvalue weighted by Crippen LogP contribution is 2.35. The lowest BCUT2D eigenvalue weighted by Crippen LogP contribution is -2.69. The van der Waals surface area contributed by atoms with Crippen molar-refractivity contribution in [3.05, 3.63) is 0 Å². The summed E-state index contributed by atoms with van der Waals surface area (Å²) in [5, 5.41) is 161. The van der Waals surface area contributed by atoms with Crippen molar-refractivity contribution in [2.45, 2.75) is 167 Å². The molecule has 5 aliphatic rings. The van der Waals surface area contributed by atoms with Crippen LogP contribution in [0, 0.1) is 0 Å². The highest BCUT2D eigenvalue weighted by molar-refractivity contribution is 5.72. The summed E-state index contributed by atoms with van der Waals surface area (Å²) in [5.74, 6) is -0.272. The number of nitrogens with one attached hydrogen (secondary N) is 1. The molecule has 0 aliphatic carbocycles. The number of nitrogens with two attached hydrogens (primary N) is 1. The Kier molecular flexibility index (Phi) is 19.5. The molecular weight excluding hydrogens is 864 g/mol. The minimum atomic E-state index is -2.05. The minimum Gasteiger partial charge on any atom is -0.394 e. The van der Waals surface area contributed by atoms with Gasteiger partial charge >= 0.3 is 0 Å². The van der Waals surface area contributed by atoms with Crippen molar-refractivity contribution in [3.63, 3.8) is 0 Å². The number of aliphatic hydroxyl groups excluding tert-OH is 15. The van der Waals surface area contributed by atoms with Crippen LogP contribution in [0.1, 0.15) is 13.3 Å². The molecule has 5 aliphatic heterocycles. The molecule has 28 heteroatoms. The summed E-state index contributed by atoms with van der Waals surface area (Å²) in [4.78, 5) is 11.1. The maximum absolute atomic E-state index is 11.4. The molecule has 18 N–H and O–H groups in total. The van der Waals surface area contributed by atoms with Gasteiger partial charge in [0.2, 0.25) is 5.91 Å². The van der Waals surface area contributed by atoms with Crippen molar-refractivity contribution < 1.29 is 129 Å². The number of hydrogen-bond acceptors (Lipinski definition) is 27. The molecule has 0 aromatic heterocycles. The minimum absolute atomic E-state index is 0.0312. The lowest BCUT2D eigenvalue weighted by Gasteiger charge is -2.50. The fourth-order valence-electron chi connectivity index (χ4n) is 7.72. The molecule has 0 radical (unpaired) electrons. The van der Waals surface area contributed by atoms with Crippen LogP contribution in [0.15, 0.2) is 0 Å². The van der Waals surface area contributed by atoms with Crippen molar-refractivity contribution in [1.82, 2.24) is 5.32 Å². The molecule has 63 heavy (non-hydrogen) atoms. The van der Waals surface area contributed by atoms with Gasteiger partial charge in [0.15, 0.2) is 31.5 Å². The quantitative estimate of drug-likeness (QED) is 0.0568. The predicted octanol–water partition coefficient (Wildman–Crippen LogP) is -11.4. The van der Waals surface area contributed by atoms with Gasteiger partial charge in [-0.05, 0) is 6.42 Å². The Balaban J connectivity index is 1.25. The van der Waals surface area contributed by atoms with Gasteiger partial charge in [0.05, 0.1) is 45.7 Å². The second-order valence-corrected chi connectivity index (χ2v) is 15.7. The number of carbonyl (C=O) groups is 1. The summed E-state index contributed by atoms with van der Waals surface area (Å²) in [6.45, 7) is -2.87. The molecule has 28 nitrogen and oxygen atoms in total. The molecule has 1 amide bonds. The van der Waals surface area contributed by atoms with Gasteiger partial charge in [-0.2, -0.15) is 0 Å². The van der Waals surface area contributed by atoms with E-state index in [0.717, 1.165) is 0 Å². The van der Waals surface area contributed by atoms with E-state index in [4.69, 9.17) is 53.1 Å². The van der Waals surface area contributed by atoms with E-state index < -0.39 is 187 Å². The third kappa shape index (κ3) is 11.8. The number of amides is 1. The van der Waals surface area contributed by atoms with Crippen LogP contribution in [0.4, 0.5) is 0 Å². The van der Waals surface area contributed by atoms with Gasteiger partial charge in [-0.15, -0.1) is 0 Å². The Labute approximate surface area is 358 Å². The van der Waals surface area contributed by atoms with Crippen LogP contribution in [-0.2, 0) is 52.2 Å². The highest BCUT2D eigenvalue weighted by atomic mass is 16.8. The van der Waals surface area contributed by atoms with Crippen LogP contribution in [0.3, 0.4) is 0 Å². The average molecular weight is 927 g/mol. The summed E-state index contributed by atoms with van der Waals surface area (Å²) < 4.78 is 56.2. The molecule has 25 atom stereocenters. The van der Waals surface area contributed by atoms with Crippen LogP contribution in [0.25, 0.3) is 0 Å². The molecule has 5 rings (SSSR count). The molecule has 0 spiro atoms. The first-order valence-electron chi connectivity index (χ1n) is 20.3. The molecule has 0 saturated carbocycles. The first kappa shape index (κ1) is 52.4. The van der Waals surface area contributed by atoms with E-state index in [9.17, 15) is 81.4 Å². The molecule has 368 valence electrons. The lowest BCUT2D eigenvalue weighted by molar-refractivity contribution is -0.386. The monoisotopic (exact) mass is 926 g/mol. The Morgan fingerprint density at radius 3 is 1.32 bits per heavy atom. The number of ether oxygens (including phenoxy) is 10. The summed E-state index contributed by atoms with van der Waals surface area (Å²) in [5.41, 5.74) is 6.28. The van der Waals surface area contributed by atoms with Gasteiger partial charge in [-0.25, -0.2) is 0 Å². The first-order chi connectivity index (χ1) is 29.9. The van der Waals surface area contributed by atoms with Crippen molar-refractivity contribution in [1.29, 1.82) is 0 Å². The Bertz CT molecular complexity index is 1390. The molecule has 5 fully saturated rings. The molecule has 0 aromatic carbocycles. The number of aliphatic hydroxyl groups is 15. The van der Waals surface area contributed by atoms with E-state index in [1.807, 2.05) is 0 Å². The number of hydrogen-bond donors (Lipinski definition) is 17. The third-order valence-electron chi connectivity index (χ3n) is 11.4. The average Bonchev–Trinajstić information content (AvgIpc) is 3.26. The van der Waals surface area contributed by atoms with Gasteiger partial charge in [0, 0.05) is 13.5 Å². The van der Waals surface area contributed by atoms with Crippen LogP contribution >= 0.6 is 0 Å². The van der Waals surface area contributed by atoms with Gasteiger partial charge < -0.3 is 135 Å². The van der Waals surface area contributed by atoms with Gasteiger partial charge in [-0.3, -0.25) is 4.79 Å². The SMILES string of the molecule is CC(=O)NCCCOC1OC(CO)[C@@H](O[C@@H]2OC(CO)[C@H](O)C(O[C@@H]3OC(CO)[C@@H](OC4OC(CO)[C@H](O)C(OC5OC(CO)[C@H](O)C(O)C5O)C4O)C(O)C3N)C2O)C(O)C1O. The summed E-state index contributed by atoms with van der Waals surface area (Å²) in [6.07, 6.45) is -42.2. The molecule has 0 aromatic rings. The predicted molar refractivity (Wildman–Crippen MR) is 196 cm³/mol. The van der Waals surface area contributed by atoms with Crippen molar-refractivity contribution >= 4 is 5.91 Å². The summed E-state index contributed by atoms with van der Waals surface area (Å²) >= 11 is 0. The van der Waals surface area contributed by atoms with Gasteiger partial charge in [0.25, 0.3) is 0 Å². The molecular formula is C35H62N2O26. The topological polar surface area (TPSA) is 451 Å². The highest BCUT2D eigenvalue weighted by Gasteiger charge is 2.56. The van der Waals surface area contributed by atoms with E-state index in [1.165, 1.54) is 6.92 Å². The van der Waals surface area contributed by atoms with Crippen molar-refractivity contribution in [3.8, 4) is 0 Å². The maximum Gasteiger partial charge on any atom is 0.216 e. The zero-order chi connectivity index (χ0) is 46.4. The van der Waals surface area contributed by atoms with E-state index in [0.29, 0.717) is 6.42 Å². The van der Waals surface area contributed by atoms with Crippen molar-refractivity contribution in [2.75, 3.05) is 46.2 Å². The second kappa shape index (κ2) is 23.4. The number of carbonyl (C=O) groups excluding carboxylic acids is 1. The van der Waals surface area contributed by atoms with Crippen LogP contribution in [0.5, 0.6) is 0 Å². The van der Waals surface area contributed by atoms with E-state index in [2.05, 4.69) is 5.32 Å². The molecule has 0 bridgehead atoms. The molecule has 5 heterocycles. The van der Waals surface area contributed by atoms with Crippen molar-refractivity contribution in [2.24, 2.45) is 5.73 Å². The zero-order valence-electron chi connectivity index (χ0n) is 33.9. The Morgan fingerprint density at radius 1 is 0.460 bits per heavy atom. The standard InChI is InChI=1S/C35H62N2O26/c1-10(43)37-3-2-4-54-32-24(51)22(49)28(15(9-42)59-32)61-35-25(52)29(18(45)12(6-39)57-35)62-31-16(36)20(47)27(14(8-41)58-31)60-34-26(53)30(19(46)13(7-40)56-34)63-33-23(50)21(48)17(44)11(5-38)55-33/h11-35,38-42,44-53H,2-9,36H2,1H3,(H,37,43)/t11?,12?,13?,14?,15?,16?,17-,18-,19-,20?,21?,22?,23?,24?,25?,26?,27+,28+,29?,30?,31-,32?,33?,34?,35-/m0/s1. The van der Waals surface area contributed by atoms with E-state index >= 15 is 0 Å². The smallest absolute Gasteiger partial charge is 0.216 e. The van der Waals surface area contributed by atoms with E-state index in [-0.39, 0.29) is 19.1 Å². The van der Waals surface area contributed by atoms with Gasteiger partial charge in [0.1, 0.15) is 116 Å². The zero-order valence-corrected chi connectivity index (χ0v) is 33.9. The van der Waals surface area contributed by atoms with Crippen LogP contribution in [-0.4, -0.2) is 282 Å². The largest absolute Gasteiger partial charge is 0.394 e. The summed E-state index contributed by atoms with van der Waals surface area (Å²) in [7, 11) is 0. The normalized spacial score (nSPS) is 48.5. The Morgan fingerprint density at radius 2 is 0.841 bits per heavy atom. The summed E-state index contributed by atoms with van der Waals surface area (Å²) in [6, 6.07) is -1.68. The van der Waals surface area contributed by atoms with E-state index in [1.54, 1.807) is 0 Å². The Hall–Kier alpha value is -1.57. The number of rotatable bonds is 18. The third-order valence-corrected chi connectivity index (χ3v) is 11.4. The first-order valence-corrected chi connectivity index (χ1v) is 20.3. The molecule has 18 unspecified atom stereocenters. The fraction of sp³-hybridized carbons (Fsp3) is 0.971. The van der Waals surface area contributed by atoms with Gasteiger partial charge in [-0.1, -0.05) is 0 Å².